The van der Waals surface area contributed by atoms with Crippen LogP contribution in [0.3, 0.4) is 0 Å². The first kappa shape index (κ1) is 13.6. The van der Waals surface area contributed by atoms with Gasteiger partial charge >= 0.3 is 0 Å². The van der Waals surface area contributed by atoms with Crippen LogP contribution < -0.4 is 5.73 Å². The van der Waals surface area contributed by atoms with Crippen LogP contribution in [-0.4, -0.2) is 15.2 Å². The molecule has 21 heavy (non-hydrogen) atoms. The molecule has 1 aromatic heterocycles. The number of anilines is 1. The molecule has 7 heteroatoms. The average molecular weight is 350 g/mol. The summed E-state index contributed by atoms with van der Waals surface area (Å²) in [6, 6.07) is 8.82. The maximum Gasteiger partial charge on any atom is 0.258 e. The highest BCUT2D eigenvalue weighted by molar-refractivity contribution is 9.10. The van der Waals surface area contributed by atoms with Crippen LogP contribution in [0, 0.1) is 5.82 Å². The molecule has 0 radical (unpaired) electrons. The molecule has 0 bridgehead atoms. The van der Waals surface area contributed by atoms with E-state index < -0.39 is 0 Å². The van der Waals surface area contributed by atoms with E-state index in [1.165, 1.54) is 18.2 Å². The van der Waals surface area contributed by atoms with Gasteiger partial charge in [0.1, 0.15) is 11.6 Å². The SMILES string of the molecule is Nc1ccc(-c2nc(-c3ccc(F)cc3Br)no2)cc1O. The van der Waals surface area contributed by atoms with Gasteiger partial charge in [0.15, 0.2) is 0 Å². The Bertz CT molecular complexity index is 820. The number of nitrogens with zero attached hydrogens (tertiary/aromatic N) is 2. The van der Waals surface area contributed by atoms with Crippen LogP contribution in [0.25, 0.3) is 22.8 Å². The summed E-state index contributed by atoms with van der Waals surface area (Å²) in [6.07, 6.45) is 0. The highest BCUT2D eigenvalue weighted by Crippen LogP contribution is 2.31. The predicted octanol–water partition coefficient (Wildman–Crippen LogP) is 3.59. The van der Waals surface area contributed by atoms with Gasteiger partial charge in [-0.1, -0.05) is 5.16 Å². The summed E-state index contributed by atoms with van der Waals surface area (Å²) < 4.78 is 18.8. The number of rotatable bonds is 2. The summed E-state index contributed by atoms with van der Waals surface area (Å²) in [5.41, 5.74) is 6.95. The van der Waals surface area contributed by atoms with Crippen LogP contribution in [0.4, 0.5) is 10.1 Å². The fourth-order valence-corrected chi connectivity index (χ4v) is 2.33. The molecule has 0 aliphatic heterocycles. The molecule has 0 saturated carbocycles. The monoisotopic (exact) mass is 349 g/mol. The van der Waals surface area contributed by atoms with Gasteiger partial charge in [0.2, 0.25) is 5.82 Å². The van der Waals surface area contributed by atoms with E-state index in [1.807, 2.05) is 0 Å². The van der Waals surface area contributed by atoms with E-state index >= 15 is 0 Å². The molecule has 3 N–H and O–H groups in total. The fraction of sp³-hybridized carbons (Fsp3) is 0. The Balaban J connectivity index is 2.01. The summed E-state index contributed by atoms with van der Waals surface area (Å²) in [4.78, 5) is 4.23. The molecule has 3 aromatic rings. The zero-order valence-corrected chi connectivity index (χ0v) is 12.1. The van der Waals surface area contributed by atoms with Crippen molar-refractivity contribution in [1.82, 2.24) is 10.1 Å². The number of hydrogen-bond donors (Lipinski definition) is 2. The lowest BCUT2D eigenvalue weighted by Crippen LogP contribution is -1.87. The summed E-state index contributed by atoms with van der Waals surface area (Å²) in [7, 11) is 0. The number of aromatic hydroxyl groups is 1. The van der Waals surface area contributed by atoms with E-state index in [0.29, 0.717) is 21.4 Å². The van der Waals surface area contributed by atoms with E-state index in [1.54, 1.807) is 18.2 Å². The topological polar surface area (TPSA) is 85.2 Å². The predicted molar refractivity (Wildman–Crippen MR) is 78.9 cm³/mol. The van der Waals surface area contributed by atoms with Crippen molar-refractivity contribution in [3.63, 3.8) is 0 Å². The maximum absolute atomic E-state index is 13.1. The first-order chi connectivity index (χ1) is 10.0. The molecule has 5 nitrogen and oxygen atoms in total. The molecule has 0 unspecified atom stereocenters. The van der Waals surface area contributed by atoms with Gasteiger partial charge in [0.25, 0.3) is 5.89 Å². The third-order valence-corrected chi connectivity index (χ3v) is 3.53. The van der Waals surface area contributed by atoms with Gasteiger partial charge in [-0.2, -0.15) is 4.98 Å². The first-order valence-electron chi connectivity index (χ1n) is 5.92. The summed E-state index contributed by atoms with van der Waals surface area (Å²) in [6.45, 7) is 0. The highest BCUT2D eigenvalue weighted by atomic mass is 79.9. The molecule has 106 valence electrons. The van der Waals surface area contributed by atoms with Crippen molar-refractivity contribution >= 4 is 21.6 Å². The standard InChI is InChI=1S/C14H9BrFN3O2/c15-10-6-8(16)2-3-9(10)13-18-14(21-19-13)7-1-4-11(17)12(20)5-7/h1-6,20H,17H2. The van der Waals surface area contributed by atoms with Gasteiger partial charge in [-0.3, -0.25) is 0 Å². The van der Waals surface area contributed by atoms with Crippen LogP contribution in [0.1, 0.15) is 0 Å². The van der Waals surface area contributed by atoms with Crippen molar-refractivity contribution in [1.29, 1.82) is 0 Å². The molecule has 3 rings (SSSR count). The Morgan fingerprint density at radius 2 is 2.00 bits per heavy atom. The van der Waals surface area contributed by atoms with Gasteiger partial charge in [-0.05, 0) is 52.3 Å². The number of hydrogen-bond acceptors (Lipinski definition) is 5. The third kappa shape index (κ3) is 2.59. The fourth-order valence-electron chi connectivity index (χ4n) is 1.80. The van der Waals surface area contributed by atoms with E-state index in [-0.39, 0.29) is 23.1 Å². The van der Waals surface area contributed by atoms with E-state index in [9.17, 15) is 9.50 Å². The molecule has 0 spiro atoms. The number of benzene rings is 2. The number of nitrogen functional groups attached to an aromatic ring is 1. The van der Waals surface area contributed by atoms with Gasteiger partial charge in [-0.15, -0.1) is 0 Å². The van der Waals surface area contributed by atoms with Crippen LogP contribution >= 0.6 is 15.9 Å². The molecule has 0 aliphatic carbocycles. The Labute approximate surface area is 127 Å². The molecule has 0 amide bonds. The summed E-state index contributed by atoms with van der Waals surface area (Å²) >= 11 is 3.25. The van der Waals surface area contributed by atoms with E-state index in [0.717, 1.165) is 0 Å². The summed E-state index contributed by atoms with van der Waals surface area (Å²) in [5.74, 6) is 0.123. The average Bonchev–Trinajstić information content (AvgIpc) is 2.91. The third-order valence-electron chi connectivity index (χ3n) is 2.88. The molecule has 1 heterocycles. The lowest BCUT2D eigenvalue weighted by atomic mass is 10.2. The van der Waals surface area contributed by atoms with Crippen molar-refractivity contribution in [3.8, 4) is 28.6 Å². The highest BCUT2D eigenvalue weighted by Gasteiger charge is 2.14. The van der Waals surface area contributed by atoms with Gasteiger partial charge in [-0.25, -0.2) is 4.39 Å². The van der Waals surface area contributed by atoms with E-state index in [4.69, 9.17) is 10.3 Å². The Morgan fingerprint density at radius 1 is 1.19 bits per heavy atom. The molecular weight excluding hydrogens is 341 g/mol. The van der Waals surface area contributed by atoms with Crippen molar-refractivity contribution in [3.05, 3.63) is 46.7 Å². The largest absolute Gasteiger partial charge is 0.506 e. The Kier molecular flexibility index (Phi) is 3.34. The van der Waals surface area contributed by atoms with Crippen molar-refractivity contribution in [2.75, 3.05) is 5.73 Å². The quantitative estimate of drug-likeness (QED) is 0.545. The number of phenols is 1. The second-order valence-corrected chi connectivity index (χ2v) is 5.18. The smallest absolute Gasteiger partial charge is 0.258 e. The molecule has 0 atom stereocenters. The van der Waals surface area contributed by atoms with Gasteiger partial charge in [0, 0.05) is 15.6 Å². The van der Waals surface area contributed by atoms with Gasteiger partial charge in [0.05, 0.1) is 5.69 Å². The number of nitrogens with two attached hydrogens (primary N) is 1. The maximum atomic E-state index is 13.1. The zero-order chi connectivity index (χ0) is 15.0. The van der Waals surface area contributed by atoms with Crippen LogP contribution in [0.2, 0.25) is 0 Å². The van der Waals surface area contributed by atoms with Crippen molar-refractivity contribution in [2.24, 2.45) is 0 Å². The lowest BCUT2D eigenvalue weighted by Gasteiger charge is -1.99. The minimum Gasteiger partial charge on any atom is -0.506 e. The first-order valence-corrected chi connectivity index (χ1v) is 6.72. The Hall–Kier alpha value is -2.41. The molecule has 0 saturated heterocycles. The van der Waals surface area contributed by atoms with Gasteiger partial charge < -0.3 is 15.4 Å². The van der Waals surface area contributed by atoms with Crippen LogP contribution in [0.5, 0.6) is 5.75 Å². The molecular formula is C14H9BrFN3O2. The number of aromatic nitrogens is 2. The van der Waals surface area contributed by atoms with Crippen molar-refractivity contribution in [2.45, 2.75) is 0 Å². The van der Waals surface area contributed by atoms with Crippen molar-refractivity contribution < 1.29 is 14.0 Å². The normalized spacial score (nSPS) is 10.8. The molecule has 2 aromatic carbocycles. The zero-order valence-electron chi connectivity index (χ0n) is 10.5. The molecule has 0 fully saturated rings. The number of halogens is 2. The summed E-state index contributed by atoms with van der Waals surface area (Å²) in [5, 5.41) is 13.4. The lowest BCUT2D eigenvalue weighted by molar-refractivity contribution is 0.431. The van der Waals surface area contributed by atoms with Crippen LogP contribution in [-0.2, 0) is 0 Å². The second-order valence-electron chi connectivity index (χ2n) is 4.32. The number of phenolic OH excluding ortho intramolecular Hbond substituents is 1. The minimum absolute atomic E-state index is 0.0600. The molecule has 0 aliphatic rings. The van der Waals surface area contributed by atoms with Crippen LogP contribution in [0.15, 0.2) is 45.4 Å². The Morgan fingerprint density at radius 3 is 2.71 bits per heavy atom. The second kappa shape index (κ2) is 5.17. The van der Waals surface area contributed by atoms with E-state index in [2.05, 4.69) is 26.1 Å². The minimum atomic E-state index is -0.363.